The Balaban J connectivity index is 1.81. The molecule has 0 amide bonds. The van der Waals surface area contributed by atoms with Crippen molar-refractivity contribution < 1.29 is 4.74 Å². The van der Waals surface area contributed by atoms with Crippen molar-refractivity contribution >= 4 is 11.9 Å². The van der Waals surface area contributed by atoms with Crippen molar-refractivity contribution in [2.75, 3.05) is 18.4 Å². The number of benzene rings is 1. The van der Waals surface area contributed by atoms with Crippen molar-refractivity contribution in [2.24, 2.45) is 4.99 Å². The molecule has 0 aliphatic carbocycles. The average molecular weight is 258 g/mol. The maximum absolute atomic E-state index is 5.89. The minimum atomic E-state index is -0.0548. The highest BCUT2D eigenvalue weighted by molar-refractivity contribution is 5.87. The number of hydrogen-bond acceptors (Lipinski definition) is 5. The molecule has 2 N–H and O–H groups in total. The molecule has 5 nitrogen and oxygen atoms in total. The second-order valence-electron chi connectivity index (χ2n) is 4.48. The maximum Gasteiger partial charge on any atom is 0.221 e. The lowest BCUT2D eigenvalue weighted by atomic mass is 10.2. The summed E-state index contributed by atoms with van der Waals surface area (Å²) >= 11 is 0. The van der Waals surface area contributed by atoms with Crippen molar-refractivity contribution in [3.05, 3.63) is 35.8 Å². The molecule has 0 bridgehead atoms. The Morgan fingerprint density at radius 1 is 1.26 bits per heavy atom. The molecule has 0 saturated carbocycles. The summed E-state index contributed by atoms with van der Waals surface area (Å²) < 4.78 is 5.89. The lowest BCUT2D eigenvalue weighted by Gasteiger charge is -2.33. The molecule has 3 rings (SSSR count). The highest BCUT2D eigenvalue weighted by Gasteiger charge is 2.25. The molecular weight excluding hydrogens is 240 g/mol. The highest BCUT2D eigenvalue weighted by atomic mass is 16.5. The summed E-state index contributed by atoms with van der Waals surface area (Å²) in [5.74, 6) is 1.58. The Morgan fingerprint density at radius 3 is 2.84 bits per heavy atom. The van der Waals surface area contributed by atoms with Gasteiger partial charge >= 0.3 is 0 Å². The van der Waals surface area contributed by atoms with Crippen LogP contribution in [0.5, 0.6) is 5.75 Å². The molecule has 0 aromatic heterocycles. The number of rotatable bonds is 3. The second-order valence-corrected chi connectivity index (χ2v) is 4.48. The van der Waals surface area contributed by atoms with Crippen molar-refractivity contribution in [1.29, 1.82) is 0 Å². The van der Waals surface area contributed by atoms with E-state index >= 15 is 0 Å². The first-order chi connectivity index (χ1) is 9.31. The number of ether oxygens (including phenoxy) is 1. The number of anilines is 1. The van der Waals surface area contributed by atoms with Gasteiger partial charge in [0.2, 0.25) is 5.88 Å². The summed E-state index contributed by atoms with van der Waals surface area (Å²) in [5, 5.41) is 6.64. The zero-order chi connectivity index (χ0) is 13.2. The molecule has 0 spiro atoms. The van der Waals surface area contributed by atoms with Crippen LogP contribution in [0.1, 0.15) is 13.8 Å². The van der Waals surface area contributed by atoms with Crippen LogP contribution in [0.4, 0.5) is 5.69 Å². The van der Waals surface area contributed by atoms with Crippen molar-refractivity contribution in [2.45, 2.75) is 20.1 Å². The van der Waals surface area contributed by atoms with E-state index < -0.39 is 0 Å². The van der Waals surface area contributed by atoms with Gasteiger partial charge in [0.05, 0.1) is 11.9 Å². The van der Waals surface area contributed by atoms with Gasteiger partial charge in [0.15, 0.2) is 12.0 Å². The third-order valence-electron chi connectivity index (χ3n) is 3.38. The largest absolute Gasteiger partial charge is 0.437 e. The second kappa shape index (κ2) is 4.93. The van der Waals surface area contributed by atoms with Crippen LogP contribution < -0.4 is 15.4 Å². The van der Waals surface area contributed by atoms with Gasteiger partial charge in [-0.15, -0.1) is 0 Å². The van der Waals surface area contributed by atoms with Gasteiger partial charge in [-0.2, -0.15) is 0 Å². The average Bonchev–Trinajstić information content (AvgIpc) is 2.46. The van der Waals surface area contributed by atoms with E-state index in [-0.39, 0.29) is 6.29 Å². The van der Waals surface area contributed by atoms with Crippen LogP contribution in [-0.4, -0.2) is 30.5 Å². The van der Waals surface area contributed by atoms with Crippen LogP contribution in [-0.2, 0) is 0 Å². The van der Waals surface area contributed by atoms with E-state index in [1.807, 2.05) is 30.5 Å². The molecule has 0 radical (unpaired) electrons. The Kier molecular flexibility index (Phi) is 3.13. The lowest BCUT2D eigenvalue weighted by Crippen LogP contribution is -2.48. The number of allylic oxidation sites excluding steroid dienone is 1. The van der Waals surface area contributed by atoms with Gasteiger partial charge in [0, 0.05) is 0 Å². The molecule has 0 fully saturated rings. The van der Waals surface area contributed by atoms with Crippen molar-refractivity contribution in [3.8, 4) is 5.75 Å². The van der Waals surface area contributed by atoms with E-state index in [0.29, 0.717) is 0 Å². The minimum absolute atomic E-state index is 0.0548. The summed E-state index contributed by atoms with van der Waals surface area (Å²) in [4.78, 5) is 6.74. The summed E-state index contributed by atoms with van der Waals surface area (Å²) in [5.41, 5.74) is 1.85. The zero-order valence-corrected chi connectivity index (χ0v) is 11.2. The first-order valence-corrected chi connectivity index (χ1v) is 6.63. The Labute approximate surface area is 113 Å². The number of aliphatic imine (C=N–C) groups is 1. The molecule has 5 heteroatoms. The normalized spacial score (nSPS) is 20.3. The van der Waals surface area contributed by atoms with E-state index in [2.05, 4.69) is 34.4 Å². The van der Waals surface area contributed by atoms with Crippen LogP contribution in [0.15, 0.2) is 40.8 Å². The third kappa shape index (κ3) is 2.17. The molecule has 2 aliphatic heterocycles. The number of nitrogens with zero attached hydrogens (tertiary/aromatic N) is 2. The Morgan fingerprint density at radius 2 is 2.05 bits per heavy atom. The van der Waals surface area contributed by atoms with Crippen molar-refractivity contribution in [3.63, 3.8) is 0 Å². The fraction of sp³-hybridized carbons (Fsp3) is 0.357. The minimum Gasteiger partial charge on any atom is -0.437 e. The topological polar surface area (TPSA) is 48.9 Å². The van der Waals surface area contributed by atoms with Crippen molar-refractivity contribution in [1.82, 2.24) is 10.2 Å². The SMILES string of the molecule is CCN(CC)C1N=CC2=C(N1)Oc1ccccc1N2. The summed E-state index contributed by atoms with van der Waals surface area (Å²) in [7, 11) is 0. The van der Waals surface area contributed by atoms with E-state index in [9.17, 15) is 0 Å². The van der Waals surface area contributed by atoms with Crippen LogP contribution in [0.2, 0.25) is 0 Å². The standard InChI is InChI=1S/C14H18N4O/c1-3-18(4-2)14-15-9-11-13(17-14)19-12-8-6-5-7-10(12)16-11/h5-9,14,16-17H,3-4H2,1-2H3. The fourth-order valence-electron chi connectivity index (χ4n) is 2.28. The highest BCUT2D eigenvalue weighted by Crippen LogP contribution is 2.31. The number of para-hydroxylation sites is 2. The molecule has 2 heterocycles. The van der Waals surface area contributed by atoms with Crippen LogP contribution in [0, 0.1) is 0 Å². The zero-order valence-electron chi connectivity index (χ0n) is 11.2. The predicted octanol–water partition coefficient (Wildman–Crippen LogP) is 1.96. The van der Waals surface area contributed by atoms with Crippen LogP contribution in [0.25, 0.3) is 0 Å². The first-order valence-electron chi connectivity index (χ1n) is 6.63. The lowest BCUT2D eigenvalue weighted by molar-refractivity contribution is 0.176. The van der Waals surface area contributed by atoms with Gasteiger partial charge in [-0.1, -0.05) is 26.0 Å². The molecule has 100 valence electrons. The third-order valence-corrected chi connectivity index (χ3v) is 3.38. The Bertz CT molecular complexity index is 534. The van der Waals surface area contributed by atoms with E-state index in [1.165, 1.54) is 0 Å². The summed E-state index contributed by atoms with van der Waals surface area (Å²) in [6.07, 6.45) is 1.78. The maximum atomic E-state index is 5.89. The van der Waals surface area contributed by atoms with E-state index in [0.717, 1.165) is 36.1 Å². The van der Waals surface area contributed by atoms with Gasteiger partial charge in [-0.3, -0.25) is 9.89 Å². The van der Waals surface area contributed by atoms with E-state index in [1.54, 1.807) is 0 Å². The molecule has 2 aliphatic rings. The molecule has 19 heavy (non-hydrogen) atoms. The molecule has 1 aromatic carbocycles. The van der Waals surface area contributed by atoms with E-state index in [4.69, 9.17) is 4.74 Å². The monoisotopic (exact) mass is 258 g/mol. The molecule has 1 aromatic rings. The number of nitrogens with one attached hydrogen (secondary N) is 2. The smallest absolute Gasteiger partial charge is 0.221 e. The Hall–Kier alpha value is -2.01. The predicted molar refractivity (Wildman–Crippen MR) is 76.1 cm³/mol. The molecule has 0 saturated heterocycles. The molecular formula is C14H18N4O. The summed E-state index contributed by atoms with van der Waals surface area (Å²) in [6.45, 7) is 6.13. The molecule has 1 unspecified atom stereocenters. The fourth-order valence-corrected chi connectivity index (χ4v) is 2.28. The van der Waals surface area contributed by atoms with Crippen LogP contribution in [0.3, 0.4) is 0 Å². The van der Waals surface area contributed by atoms with Crippen LogP contribution >= 0.6 is 0 Å². The van der Waals surface area contributed by atoms with Gasteiger partial charge in [-0.25, -0.2) is 0 Å². The first kappa shape index (κ1) is 12.0. The quantitative estimate of drug-likeness (QED) is 0.870. The number of fused-ring (bicyclic) bond motifs is 1. The van der Waals surface area contributed by atoms with Gasteiger partial charge in [0.1, 0.15) is 5.70 Å². The summed E-state index contributed by atoms with van der Waals surface area (Å²) in [6, 6.07) is 7.88. The number of hydrogen-bond donors (Lipinski definition) is 2. The van der Waals surface area contributed by atoms with Gasteiger partial charge in [0.25, 0.3) is 0 Å². The molecule has 1 atom stereocenters. The van der Waals surface area contributed by atoms with Gasteiger partial charge in [-0.05, 0) is 25.2 Å². The van der Waals surface area contributed by atoms with Gasteiger partial charge < -0.3 is 15.4 Å².